The van der Waals surface area contributed by atoms with Crippen LogP contribution in [0, 0.1) is 0 Å². The molecule has 2 N–H and O–H groups in total. The first kappa shape index (κ1) is 19.7. The summed E-state index contributed by atoms with van der Waals surface area (Å²) in [5.41, 5.74) is 0. The van der Waals surface area contributed by atoms with Gasteiger partial charge in [-0.2, -0.15) is 0 Å². The van der Waals surface area contributed by atoms with E-state index in [1.807, 2.05) is 18.2 Å². The Morgan fingerprint density at radius 3 is 2.00 bits per heavy atom. The number of unbranched alkanes of at least 4 members (excludes halogenated alkanes) is 6. The zero-order valence-corrected chi connectivity index (χ0v) is 13.2. The quantitative estimate of drug-likeness (QED) is 0.384. The molecule has 0 saturated carbocycles. The van der Waals surface area contributed by atoms with Gasteiger partial charge in [0.2, 0.25) is 0 Å². The van der Waals surface area contributed by atoms with E-state index < -0.39 is 12.1 Å². The molecule has 0 amide bonds. The van der Waals surface area contributed by atoms with Crippen LogP contribution in [0.1, 0.15) is 64.7 Å². The second-order valence-electron chi connectivity index (χ2n) is 5.23. The van der Waals surface area contributed by atoms with Crippen molar-refractivity contribution in [1.82, 2.24) is 0 Å². The molecule has 0 radical (unpaired) electrons. The van der Waals surface area contributed by atoms with Crippen LogP contribution in [0.4, 0.5) is 0 Å². The monoisotopic (exact) mass is 294 g/mol. The zero-order chi connectivity index (χ0) is 15.8. The average Bonchev–Trinajstić information content (AvgIpc) is 2.47. The number of hydrogen-bond acceptors (Lipinski definition) is 2. The number of aliphatic hydroxyl groups excluding tert-OH is 1. The summed E-state index contributed by atoms with van der Waals surface area (Å²) in [6.07, 6.45) is 20.4. The van der Waals surface area contributed by atoms with Gasteiger partial charge in [-0.05, 0) is 32.1 Å². The Morgan fingerprint density at radius 2 is 1.48 bits per heavy atom. The lowest BCUT2D eigenvalue weighted by molar-refractivity contribution is -0.146. The van der Waals surface area contributed by atoms with E-state index in [0.717, 1.165) is 32.1 Å². The van der Waals surface area contributed by atoms with E-state index in [-0.39, 0.29) is 0 Å². The van der Waals surface area contributed by atoms with Gasteiger partial charge >= 0.3 is 5.97 Å². The Bertz CT molecular complexity index is 329. The van der Waals surface area contributed by atoms with E-state index in [4.69, 9.17) is 10.2 Å². The molecular formula is C18H30O3. The molecule has 21 heavy (non-hydrogen) atoms. The lowest BCUT2D eigenvalue weighted by atomic mass is 10.1. The fourth-order valence-electron chi connectivity index (χ4n) is 1.89. The van der Waals surface area contributed by atoms with Gasteiger partial charge in [0.05, 0.1) is 0 Å². The van der Waals surface area contributed by atoms with Crippen LogP contribution in [0.2, 0.25) is 0 Å². The molecule has 0 bridgehead atoms. The summed E-state index contributed by atoms with van der Waals surface area (Å²) in [5, 5.41) is 17.6. The Hall–Kier alpha value is -1.35. The van der Waals surface area contributed by atoms with Crippen LogP contribution in [0.25, 0.3) is 0 Å². The Kier molecular flexibility index (Phi) is 14.1. The van der Waals surface area contributed by atoms with Gasteiger partial charge in [-0.25, -0.2) is 4.79 Å². The fourth-order valence-corrected chi connectivity index (χ4v) is 1.89. The van der Waals surface area contributed by atoms with E-state index in [9.17, 15) is 4.79 Å². The summed E-state index contributed by atoms with van der Waals surface area (Å²) in [4.78, 5) is 10.4. The van der Waals surface area contributed by atoms with Crippen molar-refractivity contribution in [2.45, 2.75) is 70.8 Å². The van der Waals surface area contributed by atoms with Crippen LogP contribution in [0.3, 0.4) is 0 Å². The molecular weight excluding hydrogens is 264 g/mol. The highest BCUT2D eigenvalue weighted by atomic mass is 16.4. The molecule has 120 valence electrons. The molecule has 0 aliphatic heterocycles. The molecule has 0 heterocycles. The van der Waals surface area contributed by atoms with Gasteiger partial charge in [-0.15, -0.1) is 0 Å². The number of rotatable bonds is 13. The van der Waals surface area contributed by atoms with Crippen molar-refractivity contribution in [2.75, 3.05) is 0 Å². The van der Waals surface area contributed by atoms with Gasteiger partial charge in [0.1, 0.15) is 0 Å². The summed E-state index contributed by atoms with van der Waals surface area (Å²) >= 11 is 0. The minimum Gasteiger partial charge on any atom is -0.479 e. The second-order valence-corrected chi connectivity index (χ2v) is 5.23. The topological polar surface area (TPSA) is 57.5 Å². The van der Waals surface area contributed by atoms with E-state index >= 15 is 0 Å². The highest BCUT2D eigenvalue weighted by molar-refractivity contribution is 5.71. The Balaban J connectivity index is 3.41. The van der Waals surface area contributed by atoms with Gasteiger partial charge in [0.25, 0.3) is 0 Å². The van der Waals surface area contributed by atoms with Crippen LogP contribution in [-0.4, -0.2) is 22.3 Å². The number of allylic oxidation sites excluding steroid dienone is 6. The third-order valence-electron chi connectivity index (χ3n) is 3.21. The minimum atomic E-state index is -1.20. The van der Waals surface area contributed by atoms with Crippen molar-refractivity contribution >= 4 is 5.97 Å². The molecule has 0 rings (SSSR count). The smallest absolute Gasteiger partial charge is 0.332 e. The van der Waals surface area contributed by atoms with Crippen molar-refractivity contribution in [3.63, 3.8) is 0 Å². The van der Waals surface area contributed by atoms with Gasteiger partial charge in [-0.1, -0.05) is 69.1 Å². The predicted molar refractivity (Wildman–Crippen MR) is 88.3 cm³/mol. The first-order valence-corrected chi connectivity index (χ1v) is 8.07. The molecule has 1 atom stereocenters. The van der Waals surface area contributed by atoms with E-state index in [2.05, 4.69) is 25.2 Å². The molecule has 0 aromatic heterocycles. The van der Waals surface area contributed by atoms with Gasteiger partial charge in [0, 0.05) is 0 Å². The van der Waals surface area contributed by atoms with Gasteiger partial charge < -0.3 is 10.2 Å². The lowest BCUT2D eigenvalue weighted by Crippen LogP contribution is -2.18. The fraction of sp³-hybridized carbons (Fsp3) is 0.611. The van der Waals surface area contributed by atoms with Crippen LogP contribution in [0.15, 0.2) is 36.5 Å². The van der Waals surface area contributed by atoms with Crippen LogP contribution >= 0.6 is 0 Å². The average molecular weight is 294 g/mol. The Labute approximate surface area is 129 Å². The maximum atomic E-state index is 10.4. The van der Waals surface area contributed by atoms with E-state index in [1.165, 1.54) is 19.3 Å². The second kappa shape index (κ2) is 15.0. The van der Waals surface area contributed by atoms with Crippen molar-refractivity contribution in [3.05, 3.63) is 36.5 Å². The third-order valence-corrected chi connectivity index (χ3v) is 3.21. The highest BCUT2D eigenvalue weighted by Gasteiger charge is 2.11. The summed E-state index contributed by atoms with van der Waals surface area (Å²) in [5.74, 6) is -1.12. The molecule has 0 spiro atoms. The predicted octanol–water partition coefficient (Wildman–Crippen LogP) is 4.63. The number of hydrogen-bond donors (Lipinski definition) is 2. The number of carbonyl (C=O) groups is 1. The maximum absolute atomic E-state index is 10.4. The van der Waals surface area contributed by atoms with Gasteiger partial charge in [-0.3, -0.25) is 0 Å². The van der Waals surface area contributed by atoms with E-state index in [1.54, 1.807) is 0 Å². The van der Waals surface area contributed by atoms with Crippen molar-refractivity contribution < 1.29 is 15.0 Å². The van der Waals surface area contributed by atoms with Crippen molar-refractivity contribution in [1.29, 1.82) is 0 Å². The lowest BCUT2D eigenvalue weighted by Gasteiger charge is -2.03. The molecule has 3 heteroatoms. The summed E-state index contributed by atoms with van der Waals surface area (Å²) in [6.45, 7) is 2.21. The van der Waals surface area contributed by atoms with Crippen LogP contribution in [-0.2, 0) is 4.79 Å². The summed E-state index contributed by atoms with van der Waals surface area (Å²) < 4.78 is 0. The molecule has 0 aliphatic carbocycles. The molecule has 0 fully saturated rings. The third kappa shape index (κ3) is 14.9. The van der Waals surface area contributed by atoms with E-state index in [0.29, 0.717) is 6.42 Å². The standard InChI is InChI=1S/C18H30O3/c1-2-3-4-5-6-7-8-9-10-11-12-13-14-15-16-17(19)18(20)21/h6-11,17,19H,2-5,12-16H2,1H3,(H,20,21). The van der Waals surface area contributed by atoms with Crippen LogP contribution < -0.4 is 0 Å². The molecule has 0 aromatic carbocycles. The Morgan fingerprint density at radius 1 is 0.905 bits per heavy atom. The normalized spacial score (nSPS) is 13.6. The number of aliphatic carboxylic acids is 1. The van der Waals surface area contributed by atoms with Crippen LogP contribution in [0.5, 0.6) is 0 Å². The number of aliphatic hydroxyl groups is 1. The van der Waals surface area contributed by atoms with Crippen molar-refractivity contribution in [2.24, 2.45) is 0 Å². The highest BCUT2D eigenvalue weighted by Crippen LogP contribution is 2.06. The molecule has 3 nitrogen and oxygen atoms in total. The molecule has 0 aromatic rings. The maximum Gasteiger partial charge on any atom is 0.332 e. The largest absolute Gasteiger partial charge is 0.479 e. The van der Waals surface area contributed by atoms with Crippen molar-refractivity contribution in [3.8, 4) is 0 Å². The van der Waals surface area contributed by atoms with Gasteiger partial charge in [0.15, 0.2) is 6.10 Å². The minimum absolute atomic E-state index is 0.349. The summed E-state index contributed by atoms with van der Waals surface area (Å²) in [6, 6.07) is 0. The number of carboxylic acids is 1. The molecule has 0 aliphatic rings. The molecule has 0 saturated heterocycles. The first-order chi connectivity index (χ1) is 10.2. The number of carboxylic acid groups (broad SMARTS) is 1. The molecule has 1 unspecified atom stereocenters. The first-order valence-electron chi connectivity index (χ1n) is 8.07. The summed E-state index contributed by atoms with van der Waals surface area (Å²) in [7, 11) is 0. The zero-order valence-electron chi connectivity index (χ0n) is 13.2. The SMILES string of the molecule is CCCCCC=CC=CC=CCCCCCC(O)C(=O)O.